The summed E-state index contributed by atoms with van der Waals surface area (Å²) in [5.74, 6) is 0.122. The predicted molar refractivity (Wildman–Crippen MR) is 139 cm³/mol. The number of hydrogen-bond acceptors (Lipinski definition) is 5. The van der Waals surface area contributed by atoms with E-state index in [4.69, 9.17) is 16.3 Å². The number of hydrogen-bond donors (Lipinski definition) is 1. The van der Waals surface area contributed by atoms with Gasteiger partial charge >= 0.3 is 0 Å². The van der Waals surface area contributed by atoms with Gasteiger partial charge in [-0.3, -0.25) is 13.9 Å². The molecule has 0 radical (unpaired) electrons. The zero-order valence-corrected chi connectivity index (χ0v) is 22.4. The predicted octanol–water partition coefficient (Wildman–Crippen LogP) is 3.84. The Hall–Kier alpha value is -2.78. The average molecular weight is 524 g/mol. The molecule has 1 N–H and O–H groups in total. The number of halogens is 1. The van der Waals surface area contributed by atoms with Gasteiger partial charge in [0.1, 0.15) is 11.8 Å². The summed E-state index contributed by atoms with van der Waals surface area (Å²) in [4.78, 5) is 27.4. The van der Waals surface area contributed by atoms with Crippen molar-refractivity contribution in [1.29, 1.82) is 0 Å². The first-order chi connectivity index (χ1) is 16.4. The largest absolute Gasteiger partial charge is 0.497 e. The Balaban J connectivity index is 2.15. The Kier molecular flexibility index (Phi) is 10.4. The molecule has 10 heteroatoms. The van der Waals surface area contributed by atoms with Crippen LogP contribution in [-0.4, -0.2) is 57.1 Å². The second-order valence-corrected chi connectivity index (χ2v) is 11.0. The molecular formula is C25H34ClN3O5S. The second-order valence-electron chi connectivity index (χ2n) is 8.62. The minimum Gasteiger partial charge on any atom is -0.497 e. The van der Waals surface area contributed by atoms with Gasteiger partial charge in [0, 0.05) is 30.6 Å². The van der Waals surface area contributed by atoms with Crippen molar-refractivity contribution in [2.24, 2.45) is 0 Å². The molecular weight excluding hydrogens is 490 g/mol. The molecule has 0 aliphatic carbocycles. The highest BCUT2D eigenvalue weighted by molar-refractivity contribution is 7.92. The SMILES string of the molecule is COc1ccc(N(CCCC(=O)N(Cc2ccc(Cl)cc2)[C@H](C)C(=O)NC(C)C)S(C)(=O)=O)cc1. The molecule has 2 rings (SSSR count). The standard InChI is InChI=1S/C25H34ClN3O5S/c1-18(2)27-25(31)19(3)28(17-20-8-10-21(26)11-9-20)24(30)7-6-16-29(35(5,32)33)22-12-14-23(34-4)15-13-22/h8-15,18-19H,6-7,16-17H2,1-5H3,(H,27,31)/t19-/m1/s1. The van der Waals surface area contributed by atoms with Crippen LogP contribution in [0, 0.1) is 0 Å². The summed E-state index contributed by atoms with van der Waals surface area (Å²) >= 11 is 5.98. The summed E-state index contributed by atoms with van der Waals surface area (Å²) in [7, 11) is -2.03. The van der Waals surface area contributed by atoms with Crippen molar-refractivity contribution in [3.63, 3.8) is 0 Å². The van der Waals surface area contributed by atoms with Gasteiger partial charge in [0.15, 0.2) is 0 Å². The van der Waals surface area contributed by atoms with Crippen molar-refractivity contribution in [3.05, 3.63) is 59.1 Å². The summed E-state index contributed by atoms with van der Waals surface area (Å²) in [6.07, 6.45) is 1.49. The first-order valence-electron chi connectivity index (χ1n) is 11.4. The van der Waals surface area contributed by atoms with Crippen LogP contribution in [0.1, 0.15) is 39.2 Å². The van der Waals surface area contributed by atoms with Gasteiger partial charge in [-0.1, -0.05) is 23.7 Å². The molecule has 1 atom stereocenters. The zero-order valence-electron chi connectivity index (χ0n) is 20.8. The molecule has 0 saturated carbocycles. The Morgan fingerprint density at radius 3 is 2.14 bits per heavy atom. The normalized spacial score (nSPS) is 12.2. The number of methoxy groups -OCH3 is 1. The summed E-state index contributed by atoms with van der Waals surface area (Å²) in [6, 6.07) is 13.0. The van der Waals surface area contributed by atoms with Crippen molar-refractivity contribution >= 4 is 39.1 Å². The number of carbonyl (C=O) groups is 2. The maximum atomic E-state index is 13.2. The molecule has 0 saturated heterocycles. The lowest BCUT2D eigenvalue weighted by atomic mass is 10.1. The van der Waals surface area contributed by atoms with Gasteiger partial charge < -0.3 is 15.0 Å². The number of sulfonamides is 1. The maximum absolute atomic E-state index is 13.2. The fourth-order valence-electron chi connectivity index (χ4n) is 3.53. The summed E-state index contributed by atoms with van der Waals surface area (Å²) in [5.41, 5.74) is 1.33. The fraction of sp³-hybridized carbons (Fsp3) is 0.440. The Morgan fingerprint density at radius 1 is 1.03 bits per heavy atom. The van der Waals surface area contributed by atoms with E-state index in [9.17, 15) is 18.0 Å². The van der Waals surface area contributed by atoms with Crippen LogP contribution in [0.4, 0.5) is 5.69 Å². The number of benzene rings is 2. The van der Waals surface area contributed by atoms with Crippen LogP contribution in [0.5, 0.6) is 5.75 Å². The van der Waals surface area contributed by atoms with Crippen molar-refractivity contribution in [1.82, 2.24) is 10.2 Å². The van der Waals surface area contributed by atoms with E-state index < -0.39 is 16.1 Å². The van der Waals surface area contributed by atoms with Gasteiger partial charge in [-0.2, -0.15) is 0 Å². The van der Waals surface area contributed by atoms with E-state index in [1.807, 2.05) is 26.0 Å². The van der Waals surface area contributed by atoms with Gasteiger partial charge in [-0.25, -0.2) is 8.42 Å². The quantitative estimate of drug-likeness (QED) is 0.456. The Labute approximate surface area is 213 Å². The lowest BCUT2D eigenvalue weighted by Crippen LogP contribution is -2.49. The number of anilines is 1. The lowest BCUT2D eigenvalue weighted by molar-refractivity contribution is -0.140. The molecule has 0 unspecified atom stereocenters. The smallest absolute Gasteiger partial charge is 0.242 e. The van der Waals surface area contributed by atoms with E-state index in [2.05, 4.69) is 5.32 Å². The van der Waals surface area contributed by atoms with Gasteiger partial charge in [0.05, 0.1) is 19.1 Å². The van der Waals surface area contributed by atoms with Gasteiger partial charge in [-0.05, 0) is 69.2 Å². The molecule has 0 aliphatic heterocycles. The van der Waals surface area contributed by atoms with Gasteiger partial charge in [0.25, 0.3) is 0 Å². The molecule has 0 spiro atoms. The molecule has 2 amide bonds. The van der Waals surface area contributed by atoms with Crippen LogP contribution in [0.15, 0.2) is 48.5 Å². The molecule has 0 heterocycles. The molecule has 2 aromatic rings. The highest BCUT2D eigenvalue weighted by Crippen LogP contribution is 2.22. The van der Waals surface area contributed by atoms with Gasteiger partial charge in [-0.15, -0.1) is 0 Å². The number of nitrogens with zero attached hydrogens (tertiary/aromatic N) is 2. The molecule has 35 heavy (non-hydrogen) atoms. The van der Waals surface area contributed by atoms with E-state index in [0.29, 0.717) is 16.5 Å². The molecule has 2 aromatic carbocycles. The van der Waals surface area contributed by atoms with Crippen LogP contribution in [-0.2, 0) is 26.2 Å². The molecule has 0 aromatic heterocycles. The number of amides is 2. The van der Waals surface area contributed by atoms with Crippen LogP contribution in [0.25, 0.3) is 0 Å². The number of carbonyl (C=O) groups excluding carboxylic acids is 2. The first-order valence-corrected chi connectivity index (χ1v) is 13.6. The minimum atomic E-state index is -3.56. The summed E-state index contributed by atoms with van der Waals surface area (Å²) in [6.45, 7) is 5.75. The van der Waals surface area contributed by atoms with Crippen molar-refractivity contribution in [2.45, 2.75) is 52.2 Å². The van der Waals surface area contributed by atoms with Crippen LogP contribution >= 0.6 is 11.6 Å². The van der Waals surface area contributed by atoms with Gasteiger partial charge in [0.2, 0.25) is 21.8 Å². The van der Waals surface area contributed by atoms with E-state index in [1.54, 1.807) is 43.3 Å². The Morgan fingerprint density at radius 2 is 1.63 bits per heavy atom. The molecule has 0 bridgehead atoms. The second kappa shape index (κ2) is 12.8. The number of ether oxygens (including phenoxy) is 1. The number of nitrogens with one attached hydrogen (secondary N) is 1. The maximum Gasteiger partial charge on any atom is 0.242 e. The van der Waals surface area contributed by atoms with Crippen LogP contribution in [0.3, 0.4) is 0 Å². The molecule has 0 aliphatic rings. The van der Waals surface area contributed by atoms with Crippen LogP contribution in [0.2, 0.25) is 5.02 Å². The molecule has 192 valence electrons. The minimum absolute atomic E-state index is 0.0646. The van der Waals surface area contributed by atoms with Crippen molar-refractivity contribution in [2.75, 3.05) is 24.2 Å². The van der Waals surface area contributed by atoms with E-state index >= 15 is 0 Å². The van der Waals surface area contributed by atoms with Crippen LogP contribution < -0.4 is 14.4 Å². The molecule has 0 fully saturated rings. The molecule has 8 nitrogen and oxygen atoms in total. The van der Waals surface area contributed by atoms with Crippen molar-refractivity contribution in [3.8, 4) is 5.75 Å². The summed E-state index contributed by atoms with van der Waals surface area (Å²) < 4.78 is 31.2. The van der Waals surface area contributed by atoms with E-state index in [0.717, 1.165) is 11.8 Å². The third-order valence-corrected chi connectivity index (χ3v) is 6.82. The Bertz CT molecular complexity index is 1090. The first kappa shape index (κ1) is 28.5. The third-order valence-electron chi connectivity index (χ3n) is 5.38. The van der Waals surface area contributed by atoms with Crippen molar-refractivity contribution < 1.29 is 22.7 Å². The average Bonchev–Trinajstić information content (AvgIpc) is 2.79. The lowest BCUT2D eigenvalue weighted by Gasteiger charge is -2.30. The van der Waals surface area contributed by atoms with E-state index in [1.165, 1.54) is 16.3 Å². The topological polar surface area (TPSA) is 96.0 Å². The monoisotopic (exact) mass is 523 g/mol. The fourth-order valence-corrected chi connectivity index (χ4v) is 4.62. The summed E-state index contributed by atoms with van der Waals surface area (Å²) in [5, 5.41) is 3.43. The third kappa shape index (κ3) is 8.74. The zero-order chi connectivity index (χ0) is 26.2. The highest BCUT2D eigenvalue weighted by Gasteiger charge is 2.27. The van der Waals surface area contributed by atoms with E-state index in [-0.39, 0.29) is 43.8 Å². The highest BCUT2D eigenvalue weighted by atomic mass is 35.5. The number of rotatable bonds is 12.